The lowest BCUT2D eigenvalue weighted by molar-refractivity contribution is 0.440. The number of unbranched alkanes of at least 4 members (excludes halogenated alkanes) is 2. The van der Waals surface area contributed by atoms with Crippen LogP contribution < -0.4 is 10.4 Å². The Morgan fingerprint density at radius 3 is 1.23 bits per heavy atom. The third-order valence-corrected chi connectivity index (χ3v) is 9.16. The van der Waals surface area contributed by atoms with Crippen LogP contribution in [0.1, 0.15) is 61.8 Å². The van der Waals surface area contributed by atoms with Gasteiger partial charge in [0.25, 0.3) is 0 Å². The Balaban J connectivity index is 2.15. The molecule has 2 aliphatic rings. The van der Waals surface area contributed by atoms with Crippen molar-refractivity contribution in [1.29, 1.82) is 10.5 Å². The number of nitriles is 2. The van der Waals surface area contributed by atoms with Crippen LogP contribution in [0.2, 0.25) is 0 Å². The van der Waals surface area contributed by atoms with E-state index in [9.17, 15) is 10.5 Å². The van der Waals surface area contributed by atoms with E-state index >= 15 is 43.9 Å². The molecule has 3 aromatic carbocycles. The van der Waals surface area contributed by atoms with Crippen molar-refractivity contribution in [2.45, 2.75) is 65.2 Å². The summed E-state index contributed by atoms with van der Waals surface area (Å²) in [7, 11) is 0. The number of benzene rings is 3. The zero-order chi connectivity index (χ0) is 38.3. The number of nitrogens with zero attached hydrogens (tertiary/aromatic N) is 4. The molecule has 0 unspecified atom stereocenters. The van der Waals surface area contributed by atoms with E-state index in [0.29, 0.717) is 12.8 Å². The first-order chi connectivity index (χ1) is 24.8. The van der Waals surface area contributed by atoms with Gasteiger partial charge in [0.2, 0.25) is 0 Å². The summed E-state index contributed by atoms with van der Waals surface area (Å²) >= 11 is 0. The number of hydrogen-bond acceptors (Lipinski definition) is 2. The van der Waals surface area contributed by atoms with E-state index in [2.05, 4.69) is 9.69 Å². The average molecular weight is 725 g/mol. The molecule has 0 amide bonds. The smallest absolute Gasteiger partial charge is 0.207 e. The van der Waals surface area contributed by atoms with E-state index < -0.39 is 161 Å². The summed E-state index contributed by atoms with van der Waals surface area (Å²) in [5.41, 5.74) is -11.9. The number of allylic oxidation sites excluding steroid dienone is 3. The van der Waals surface area contributed by atoms with Gasteiger partial charge in [-0.2, -0.15) is 20.2 Å². The van der Waals surface area contributed by atoms with Crippen molar-refractivity contribution in [1.82, 2.24) is 0 Å². The summed E-state index contributed by atoms with van der Waals surface area (Å²) < 4.78 is 160. The molecule has 264 valence electrons. The van der Waals surface area contributed by atoms with E-state index in [4.69, 9.17) is 13.1 Å². The van der Waals surface area contributed by atoms with Crippen LogP contribution in [0.15, 0.2) is 22.5 Å². The summed E-state index contributed by atoms with van der Waals surface area (Å²) in [5.74, 6) is -20.3. The zero-order valence-corrected chi connectivity index (χ0v) is 27.2. The highest BCUT2D eigenvalue weighted by molar-refractivity contribution is 5.91. The Hall–Kier alpha value is -5.86. The Bertz CT molecular complexity index is 2220. The standard InChI is InChI=1S/C38H22F10N4/c1-5-7-9-16-30(41)34(45)26(35(46)31(16)42)22-19-11-18(15(13-49)14-50)28(39)24(19)23(20-12-21(29(40)25(20)22)38(51-3)52-4)27-36(47)32(43)17(10-8-6-2)33(44)37(27)48/h5-12H2,1-2H3. The van der Waals surface area contributed by atoms with E-state index in [1.54, 1.807) is 13.8 Å². The summed E-state index contributed by atoms with van der Waals surface area (Å²) in [6.45, 7) is 18.0. The van der Waals surface area contributed by atoms with Crippen molar-refractivity contribution in [3.8, 4) is 34.4 Å². The highest BCUT2D eigenvalue weighted by Crippen LogP contribution is 2.44. The first-order valence-corrected chi connectivity index (χ1v) is 15.8. The number of halogens is 10. The third-order valence-electron chi connectivity index (χ3n) is 9.16. The fraction of sp³-hybridized carbons (Fsp3) is 0.263. The molecule has 0 heterocycles. The molecular formula is C38H22F10N4. The molecule has 0 bridgehead atoms. The summed E-state index contributed by atoms with van der Waals surface area (Å²) in [6.07, 6.45) is -2.21. The van der Waals surface area contributed by atoms with Gasteiger partial charge in [0.05, 0.1) is 16.7 Å². The van der Waals surface area contributed by atoms with Gasteiger partial charge in [0.15, 0.2) is 46.5 Å². The highest BCUT2D eigenvalue weighted by Gasteiger charge is 2.41. The van der Waals surface area contributed by atoms with Crippen LogP contribution >= 0.6 is 0 Å². The van der Waals surface area contributed by atoms with E-state index in [1.807, 2.05) is 0 Å². The third kappa shape index (κ3) is 5.51. The quantitative estimate of drug-likeness (QED) is 0.101. The molecule has 0 atom stereocenters. The van der Waals surface area contributed by atoms with E-state index in [1.165, 1.54) is 12.1 Å². The molecular weight excluding hydrogens is 702 g/mol. The maximum atomic E-state index is 16.7. The highest BCUT2D eigenvalue weighted by atomic mass is 19.2. The van der Waals surface area contributed by atoms with Gasteiger partial charge in [0.1, 0.15) is 42.5 Å². The fourth-order valence-corrected chi connectivity index (χ4v) is 6.69. The minimum absolute atomic E-state index is 0.0824. The molecule has 0 fully saturated rings. The maximum Gasteiger partial charge on any atom is 0.525 e. The predicted molar refractivity (Wildman–Crippen MR) is 168 cm³/mol. The molecule has 0 aromatic heterocycles. The minimum Gasteiger partial charge on any atom is -0.207 e. The van der Waals surface area contributed by atoms with Crippen molar-refractivity contribution in [2.24, 2.45) is 0 Å². The molecule has 14 heteroatoms. The number of fused-ring (bicyclic) bond motifs is 2. The Morgan fingerprint density at radius 1 is 0.558 bits per heavy atom. The lowest BCUT2D eigenvalue weighted by atomic mass is 9.85. The van der Waals surface area contributed by atoms with Crippen molar-refractivity contribution in [2.75, 3.05) is 0 Å². The Kier molecular flexibility index (Phi) is 10.4. The van der Waals surface area contributed by atoms with Gasteiger partial charge in [-0.3, -0.25) is 0 Å². The topological polar surface area (TPSA) is 56.3 Å². The molecule has 0 N–H and O–H groups in total. The SMILES string of the molecule is [C-]#[N+]C([N+]#[C-])=C1Cc2c(-c3c(F)c(F)c(CCCC)c(F)c3F)c3c(c(-c4c(F)c(F)c(CCCC)c(F)c4F)c2=C1F)CC(=C(C#N)C#N)C=3F. The largest absolute Gasteiger partial charge is 0.525 e. The average Bonchev–Trinajstić information content (AvgIpc) is 3.65. The van der Waals surface area contributed by atoms with Crippen LogP contribution in [0, 0.1) is 82.3 Å². The van der Waals surface area contributed by atoms with Gasteiger partial charge in [-0.1, -0.05) is 26.7 Å². The molecule has 5 rings (SSSR count). The molecule has 52 heavy (non-hydrogen) atoms. The molecule has 0 saturated carbocycles. The van der Waals surface area contributed by atoms with Crippen LogP contribution in [0.25, 0.3) is 43.6 Å². The van der Waals surface area contributed by atoms with Gasteiger partial charge in [-0.25, -0.2) is 43.9 Å². The Morgan fingerprint density at radius 2 is 0.904 bits per heavy atom. The molecule has 0 saturated heterocycles. The fourth-order valence-electron chi connectivity index (χ4n) is 6.69. The first-order valence-electron chi connectivity index (χ1n) is 15.8. The van der Waals surface area contributed by atoms with Crippen LogP contribution in [0.4, 0.5) is 43.9 Å². The van der Waals surface area contributed by atoms with Crippen molar-refractivity contribution in [3.05, 3.63) is 125 Å². The van der Waals surface area contributed by atoms with Gasteiger partial charge in [-0.15, -0.1) is 0 Å². The van der Waals surface area contributed by atoms with Gasteiger partial charge in [0, 0.05) is 51.1 Å². The van der Waals surface area contributed by atoms with Crippen LogP contribution in [0.3, 0.4) is 0 Å². The second kappa shape index (κ2) is 14.4. The molecule has 0 radical (unpaired) electrons. The first kappa shape index (κ1) is 37.4. The Labute approximate surface area is 290 Å². The predicted octanol–water partition coefficient (Wildman–Crippen LogP) is 9.48. The molecule has 4 nitrogen and oxygen atoms in total. The lowest BCUT2D eigenvalue weighted by Gasteiger charge is -2.19. The van der Waals surface area contributed by atoms with Gasteiger partial charge in [-0.05, 0) is 36.8 Å². The van der Waals surface area contributed by atoms with Gasteiger partial charge >= 0.3 is 5.82 Å². The minimum atomic E-state index is -2.09. The summed E-state index contributed by atoms with van der Waals surface area (Å²) in [5, 5.41) is 16.9. The van der Waals surface area contributed by atoms with Crippen LogP contribution in [-0.4, -0.2) is 0 Å². The second-order valence-corrected chi connectivity index (χ2v) is 12.0. The molecule has 0 spiro atoms. The van der Waals surface area contributed by atoms with Crippen LogP contribution in [-0.2, 0) is 25.7 Å². The number of rotatable bonds is 8. The summed E-state index contributed by atoms with van der Waals surface area (Å²) in [6, 6.07) is 2.77. The van der Waals surface area contributed by atoms with E-state index in [-0.39, 0.29) is 12.8 Å². The molecule has 2 aliphatic carbocycles. The molecule has 0 aliphatic heterocycles. The lowest BCUT2D eigenvalue weighted by Crippen LogP contribution is -2.26. The number of hydrogen-bond donors (Lipinski definition) is 0. The van der Waals surface area contributed by atoms with Gasteiger partial charge < -0.3 is 0 Å². The van der Waals surface area contributed by atoms with Crippen molar-refractivity contribution < 1.29 is 43.9 Å². The normalized spacial score (nSPS) is 13.1. The maximum absolute atomic E-state index is 16.7. The molecule has 3 aromatic rings. The summed E-state index contributed by atoms with van der Waals surface area (Å²) in [4.78, 5) is 5.81. The van der Waals surface area contributed by atoms with Crippen molar-refractivity contribution in [3.63, 3.8) is 0 Å². The zero-order valence-electron chi connectivity index (χ0n) is 27.2. The van der Waals surface area contributed by atoms with Crippen molar-refractivity contribution >= 4 is 11.7 Å². The van der Waals surface area contributed by atoms with E-state index in [0.717, 1.165) is 0 Å². The second-order valence-electron chi connectivity index (χ2n) is 12.0. The monoisotopic (exact) mass is 724 g/mol. The van der Waals surface area contributed by atoms with Crippen LogP contribution in [0.5, 0.6) is 0 Å².